The molecule has 0 aliphatic carbocycles. The van der Waals surface area contributed by atoms with Gasteiger partial charge >= 0.3 is 5.97 Å². The summed E-state index contributed by atoms with van der Waals surface area (Å²) in [4.78, 5) is 18.1. The molecule has 7 nitrogen and oxygen atoms in total. The van der Waals surface area contributed by atoms with Gasteiger partial charge in [0.15, 0.2) is 11.9 Å². The van der Waals surface area contributed by atoms with Gasteiger partial charge in [0.05, 0.1) is 19.2 Å². The van der Waals surface area contributed by atoms with Gasteiger partial charge in [0.2, 0.25) is 0 Å². The number of rotatable bonds is 5. The van der Waals surface area contributed by atoms with Crippen LogP contribution in [0.1, 0.15) is 29.4 Å². The number of carbonyl (C=O) groups is 1. The van der Waals surface area contributed by atoms with Crippen molar-refractivity contribution in [3.63, 3.8) is 0 Å². The molecule has 1 aliphatic heterocycles. The summed E-state index contributed by atoms with van der Waals surface area (Å²) in [5.41, 5.74) is 2.08. The molecular formula is C22H20N2O5. The standard InChI is InChI=1S/C22H20N2O5/c1-14-8-10-16(11-9-14)17-12-19(28-23-17)20(25)22(21(26)27-2)13-18(24-29-22)15-6-4-3-5-7-15/h3-12,20,25H,13H2,1-2H3. The molecule has 2 aromatic carbocycles. The lowest BCUT2D eigenvalue weighted by Gasteiger charge is -2.26. The van der Waals surface area contributed by atoms with Crippen LogP contribution in [0.4, 0.5) is 0 Å². The van der Waals surface area contributed by atoms with Gasteiger partial charge in [-0.3, -0.25) is 0 Å². The zero-order chi connectivity index (χ0) is 20.4. The van der Waals surface area contributed by atoms with Crippen molar-refractivity contribution < 1.29 is 24.0 Å². The maximum absolute atomic E-state index is 12.6. The number of oxime groups is 1. The summed E-state index contributed by atoms with van der Waals surface area (Å²) < 4.78 is 10.3. The zero-order valence-corrected chi connectivity index (χ0v) is 16.0. The van der Waals surface area contributed by atoms with Gasteiger partial charge < -0.3 is 19.2 Å². The van der Waals surface area contributed by atoms with Crippen LogP contribution in [0.3, 0.4) is 0 Å². The fourth-order valence-electron chi connectivity index (χ4n) is 3.28. The topological polar surface area (TPSA) is 94.2 Å². The molecule has 7 heteroatoms. The number of aliphatic hydroxyl groups is 1. The molecule has 0 amide bonds. The van der Waals surface area contributed by atoms with E-state index in [0.717, 1.165) is 16.7 Å². The number of hydrogen-bond donors (Lipinski definition) is 1. The second-order valence-electron chi connectivity index (χ2n) is 6.94. The molecule has 148 valence electrons. The van der Waals surface area contributed by atoms with Crippen LogP contribution in [0.15, 0.2) is 70.3 Å². The Balaban J connectivity index is 1.63. The highest BCUT2D eigenvalue weighted by Crippen LogP contribution is 2.40. The molecule has 0 fully saturated rings. The molecule has 2 heterocycles. The fourth-order valence-corrected chi connectivity index (χ4v) is 3.28. The molecule has 2 unspecified atom stereocenters. The molecule has 0 saturated carbocycles. The van der Waals surface area contributed by atoms with E-state index in [9.17, 15) is 9.90 Å². The van der Waals surface area contributed by atoms with Crippen LogP contribution in [0.2, 0.25) is 0 Å². The lowest BCUT2D eigenvalue weighted by atomic mass is 9.87. The molecule has 3 aromatic rings. The van der Waals surface area contributed by atoms with E-state index in [1.54, 1.807) is 6.07 Å². The summed E-state index contributed by atoms with van der Waals surface area (Å²) in [5.74, 6) is -0.650. The first-order valence-electron chi connectivity index (χ1n) is 9.14. The summed E-state index contributed by atoms with van der Waals surface area (Å²) in [7, 11) is 1.23. The molecule has 0 bridgehead atoms. The Bertz CT molecular complexity index is 1040. The Kier molecular flexibility index (Phi) is 4.90. The highest BCUT2D eigenvalue weighted by molar-refractivity contribution is 6.05. The molecule has 0 radical (unpaired) electrons. The number of esters is 1. The average Bonchev–Trinajstić information content (AvgIpc) is 3.42. The number of benzene rings is 2. The van der Waals surface area contributed by atoms with Crippen molar-refractivity contribution in [2.24, 2.45) is 5.16 Å². The van der Waals surface area contributed by atoms with Crippen LogP contribution < -0.4 is 0 Å². The lowest BCUT2D eigenvalue weighted by molar-refractivity contribution is -0.184. The smallest absolute Gasteiger partial charge is 0.356 e. The van der Waals surface area contributed by atoms with E-state index in [1.807, 2.05) is 61.5 Å². The summed E-state index contributed by atoms with van der Waals surface area (Å²) in [5, 5.41) is 19.1. The van der Waals surface area contributed by atoms with E-state index in [4.69, 9.17) is 14.1 Å². The third-order valence-corrected chi connectivity index (χ3v) is 4.97. The predicted octanol–water partition coefficient (Wildman–Crippen LogP) is 3.42. The fraction of sp³-hybridized carbons (Fsp3) is 0.227. The molecule has 2 atom stereocenters. The number of aromatic nitrogens is 1. The quantitative estimate of drug-likeness (QED) is 0.669. The number of methoxy groups -OCH3 is 1. The van der Waals surface area contributed by atoms with Crippen LogP contribution in [-0.4, -0.2) is 34.7 Å². The van der Waals surface area contributed by atoms with Crippen molar-refractivity contribution in [2.75, 3.05) is 7.11 Å². The molecule has 4 rings (SSSR count). The first-order valence-corrected chi connectivity index (χ1v) is 9.14. The summed E-state index contributed by atoms with van der Waals surface area (Å²) in [6.07, 6.45) is -1.42. The first kappa shape index (κ1) is 18.9. The Labute approximate surface area is 167 Å². The summed E-state index contributed by atoms with van der Waals surface area (Å²) >= 11 is 0. The minimum atomic E-state index is -1.75. The van der Waals surface area contributed by atoms with Gasteiger partial charge in [-0.1, -0.05) is 70.5 Å². The Hall–Kier alpha value is -3.45. The third-order valence-electron chi connectivity index (χ3n) is 4.97. The van der Waals surface area contributed by atoms with Gasteiger partial charge in [-0.05, 0) is 12.5 Å². The first-order chi connectivity index (χ1) is 14.0. The maximum Gasteiger partial charge on any atom is 0.356 e. The Morgan fingerprint density at radius 2 is 1.86 bits per heavy atom. The van der Waals surface area contributed by atoms with E-state index in [1.165, 1.54) is 7.11 Å². The van der Waals surface area contributed by atoms with Gasteiger partial charge in [-0.2, -0.15) is 0 Å². The van der Waals surface area contributed by atoms with Crippen LogP contribution in [0.5, 0.6) is 0 Å². The highest BCUT2D eigenvalue weighted by atomic mass is 16.7. The highest BCUT2D eigenvalue weighted by Gasteiger charge is 2.56. The van der Waals surface area contributed by atoms with Crippen molar-refractivity contribution in [1.29, 1.82) is 0 Å². The van der Waals surface area contributed by atoms with Crippen molar-refractivity contribution in [2.45, 2.75) is 25.0 Å². The van der Waals surface area contributed by atoms with Crippen molar-refractivity contribution in [1.82, 2.24) is 5.16 Å². The van der Waals surface area contributed by atoms with Crippen molar-refractivity contribution in [3.8, 4) is 11.3 Å². The van der Waals surface area contributed by atoms with Crippen molar-refractivity contribution in [3.05, 3.63) is 77.6 Å². The number of carbonyl (C=O) groups excluding carboxylic acids is 1. The molecule has 0 spiro atoms. The number of ether oxygens (including phenoxy) is 1. The third kappa shape index (κ3) is 3.40. The van der Waals surface area contributed by atoms with E-state index < -0.39 is 17.7 Å². The normalized spacial score (nSPS) is 19.3. The predicted molar refractivity (Wildman–Crippen MR) is 105 cm³/mol. The second-order valence-corrected chi connectivity index (χ2v) is 6.94. The molecular weight excluding hydrogens is 372 g/mol. The number of nitrogens with zero attached hydrogens (tertiary/aromatic N) is 2. The molecule has 0 saturated heterocycles. The van der Waals surface area contributed by atoms with Gasteiger partial charge in [0, 0.05) is 11.6 Å². The van der Waals surface area contributed by atoms with Crippen molar-refractivity contribution >= 4 is 11.7 Å². The van der Waals surface area contributed by atoms with E-state index in [-0.39, 0.29) is 12.2 Å². The monoisotopic (exact) mass is 392 g/mol. The Morgan fingerprint density at radius 3 is 2.55 bits per heavy atom. The average molecular weight is 392 g/mol. The van der Waals surface area contributed by atoms with Gasteiger partial charge in [0.1, 0.15) is 5.69 Å². The van der Waals surface area contributed by atoms with Crippen LogP contribution in [-0.2, 0) is 14.4 Å². The number of aryl methyl sites for hydroxylation is 1. The number of hydrogen-bond acceptors (Lipinski definition) is 7. The summed E-state index contributed by atoms with van der Waals surface area (Å²) in [6, 6.07) is 18.6. The second kappa shape index (κ2) is 7.52. The molecule has 1 aromatic heterocycles. The lowest BCUT2D eigenvalue weighted by Crippen LogP contribution is -2.45. The SMILES string of the molecule is COC(=O)C1(C(O)c2cc(-c3ccc(C)cc3)no2)CC(c2ccccc2)=NO1. The van der Waals surface area contributed by atoms with Gasteiger partial charge in [0.25, 0.3) is 5.60 Å². The van der Waals surface area contributed by atoms with E-state index >= 15 is 0 Å². The maximum atomic E-state index is 12.6. The minimum absolute atomic E-state index is 0.0332. The van der Waals surface area contributed by atoms with Gasteiger partial charge in [-0.25, -0.2) is 4.79 Å². The largest absolute Gasteiger partial charge is 0.466 e. The molecule has 1 N–H and O–H groups in total. The molecule has 1 aliphatic rings. The summed E-state index contributed by atoms with van der Waals surface area (Å²) in [6.45, 7) is 1.99. The molecule has 29 heavy (non-hydrogen) atoms. The zero-order valence-electron chi connectivity index (χ0n) is 16.0. The van der Waals surface area contributed by atoms with Crippen LogP contribution >= 0.6 is 0 Å². The minimum Gasteiger partial charge on any atom is -0.466 e. The van der Waals surface area contributed by atoms with E-state index in [2.05, 4.69) is 10.3 Å². The van der Waals surface area contributed by atoms with Gasteiger partial charge in [-0.15, -0.1) is 0 Å². The van der Waals surface area contributed by atoms with E-state index in [0.29, 0.717) is 11.4 Å². The van der Waals surface area contributed by atoms with Crippen LogP contribution in [0.25, 0.3) is 11.3 Å². The Morgan fingerprint density at radius 1 is 1.14 bits per heavy atom. The van der Waals surface area contributed by atoms with Crippen LogP contribution in [0, 0.1) is 6.92 Å². The number of aliphatic hydroxyl groups excluding tert-OH is 1.